The highest BCUT2D eigenvalue weighted by molar-refractivity contribution is 6.31. The fourth-order valence-electron chi connectivity index (χ4n) is 4.06. The minimum Gasteiger partial charge on any atom is -0.462 e. The number of carbonyl (C=O) groups is 1. The van der Waals surface area contributed by atoms with Crippen LogP contribution in [0.4, 0.5) is 0 Å². The number of piperidine rings is 1. The van der Waals surface area contributed by atoms with Crippen LogP contribution in [0.3, 0.4) is 0 Å². The number of likely N-dealkylation sites (tertiary alicyclic amines) is 1. The van der Waals surface area contributed by atoms with Crippen LogP contribution in [-0.2, 0) is 11.3 Å². The van der Waals surface area contributed by atoms with Crippen LogP contribution in [0.15, 0.2) is 36.7 Å². The minimum absolute atomic E-state index is 0.177. The van der Waals surface area contributed by atoms with Crippen LogP contribution >= 0.6 is 11.6 Å². The maximum atomic E-state index is 12.6. The van der Waals surface area contributed by atoms with Gasteiger partial charge in [-0.2, -0.15) is 5.10 Å². The number of nitrogens with zero attached hydrogens (tertiary/aromatic N) is 4. The molecule has 158 valence electrons. The Bertz CT molecular complexity index is 1050. The Morgan fingerprint density at radius 2 is 2.23 bits per heavy atom. The lowest BCUT2D eigenvalue weighted by molar-refractivity contribution is 0.0522. The Morgan fingerprint density at radius 1 is 1.37 bits per heavy atom. The van der Waals surface area contributed by atoms with Crippen molar-refractivity contribution in [2.75, 3.05) is 26.3 Å². The molecule has 3 aromatic rings. The Labute approximate surface area is 180 Å². The molecule has 0 unspecified atom stereocenters. The lowest BCUT2D eigenvalue weighted by Gasteiger charge is -2.32. The van der Waals surface area contributed by atoms with E-state index in [1.165, 1.54) is 0 Å². The molecular weight excluding hydrogens is 404 g/mol. The molecule has 1 saturated heterocycles. The summed E-state index contributed by atoms with van der Waals surface area (Å²) in [5, 5.41) is 15.6. The molecule has 8 heteroatoms. The van der Waals surface area contributed by atoms with E-state index in [1.807, 2.05) is 24.3 Å². The van der Waals surface area contributed by atoms with Gasteiger partial charge in [0.15, 0.2) is 0 Å². The first-order valence-electron chi connectivity index (χ1n) is 10.2. The second kappa shape index (κ2) is 9.12. The van der Waals surface area contributed by atoms with E-state index in [9.17, 15) is 9.90 Å². The molecule has 4 rings (SSSR count). The normalized spacial score (nSPS) is 17.4. The maximum absolute atomic E-state index is 12.6. The van der Waals surface area contributed by atoms with Crippen LogP contribution in [0, 0.1) is 5.92 Å². The minimum atomic E-state index is -0.379. The van der Waals surface area contributed by atoms with Crippen molar-refractivity contribution in [2.24, 2.45) is 5.92 Å². The molecule has 0 bridgehead atoms. The predicted octanol–water partition coefficient (Wildman–Crippen LogP) is 3.45. The fourth-order valence-corrected chi connectivity index (χ4v) is 4.23. The van der Waals surface area contributed by atoms with Gasteiger partial charge >= 0.3 is 5.97 Å². The van der Waals surface area contributed by atoms with E-state index in [0.717, 1.165) is 48.2 Å². The van der Waals surface area contributed by atoms with Crippen molar-refractivity contribution in [2.45, 2.75) is 26.3 Å². The number of fused-ring (bicyclic) bond motifs is 1. The van der Waals surface area contributed by atoms with Crippen LogP contribution in [0.5, 0.6) is 0 Å². The summed E-state index contributed by atoms with van der Waals surface area (Å²) in [4.78, 5) is 19.3. The summed E-state index contributed by atoms with van der Waals surface area (Å²) in [6.45, 7) is 4.51. The number of esters is 1. The number of pyridine rings is 1. The first kappa shape index (κ1) is 20.8. The van der Waals surface area contributed by atoms with Crippen LogP contribution in [0.25, 0.3) is 16.6 Å². The number of aromatic nitrogens is 3. The number of carbonyl (C=O) groups excluding carboxylic acids is 1. The van der Waals surface area contributed by atoms with Gasteiger partial charge in [-0.25, -0.2) is 9.48 Å². The van der Waals surface area contributed by atoms with Crippen molar-refractivity contribution >= 4 is 28.5 Å². The molecule has 1 aromatic carbocycles. The van der Waals surface area contributed by atoms with Crippen LogP contribution in [0.2, 0.25) is 5.02 Å². The van der Waals surface area contributed by atoms with Crippen molar-refractivity contribution in [1.29, 1.82) is 0 Å². The molecule has 3 heterocycles. The molecule has 30 heavy (non-hydrogen) atoms. The second-order valence-electron chi connectivity index (χ2n) is 7.55. The molecule has 1 fully saturated rings. The van der Waals surface area contributed by atoms with Crippen LogP contribution in [0.1, 0.15) is 35.8 Å². The lowest BCUT2D eigenvalue weighted by Crippen LogP contribution is -2.37. The number of aliphatic hydroxyl groups is 1. The van der Waals surface area contributed by atoms with Gasteiger partial charge in [-0.3, -0.25) is 9.88 Å². The second-order valence-corrected chi connectivity index (χ2v) is 7.99. The van der Waals surface area contributed by atoms with Crippen molar-refractivity contribution in [1.82, 2.24) is 19.7 Å². The molecular formula is C22H25ClN4O3. The summed E-state index contributed by atoms with van der Waals surface area (Å²) in [6.07, 6.45) is 5.33. The summed E-state index contributed by atoms with van der Waals surface area (Å²) < 4.78 is 7.07. The van der Waals surface area contributed by atoms with Crippen molar-refractivity contribution in [3.63, 3.8) is 0 Å². The number of aliphatic hydroxyl groups excluding tert-OH is 1. The molecule has 7 nitrogen and oxygen atoms in total. The Hall–Kier alpha value is -2.48. The maximum Gasteiger partial charge on any atom is 0.341 e. The third kappa shape index (κ3) is 4.19. The Balaban J connectivity index is 1.78. The van der Waals surface area contributed by atoms with Crippen LogP contribution < -0.4 is 0 Å². The van der Waals surface area contributed by atoms with Crippen molar-refractivity contribution in [3.05, 3.63) is 52.9 Å². The highest BCUT2D eigenvalue weighted by Gasteiger charge is 2.25. The first-order chi connectivity index (χ1) is 14.6. The van der Waals surface area contributed by atoms with E-state index >= 15 is 0 Å². The molecule has 1 aliphatic heterocycles. The van der Waals surface area contributed by atoms with Gasteiger partial charge in [0.2, 0.25) is 0 Å². The molecule has 0 saturated carbocycles. The summed E-state index contributed by atoms with van der Waals surface area (Å²) in [5.41, 5.74) is 2.83. The van der Waals surface area contributed by atoms with E-state index in [1.54, 1.807) is 24.0 Å². The van der Waals surface area contributed by atoms with Gasteiger partial charge in [0.1, 0.15) is 5.56 Å². The number of halogens is 1. The van der Waals surface area contributed by atoms with Crippen LogP contribution in [-0.4, -0.2) is 57.0 Å². The molecule has 0 aliphatic carbocycles. The highest BCUT2D eigenvalue weighted by atomic mass is 35.5. The molecule has 1 N–H and O–H groups in total. The quantitative estimate of drug-likeness (QED) is 0.605. The monoisotopic (exact) mass is 428 g/mol. The topological polar surface area (TPSA) is 80.5 Å². The van der Waals surface area contributed by atoms with Gasteiger partial charge < -0.3 is 9.84 Å². The number of ether oxygens (including phenoxy) is 1. The van der Waals surface area contributed by atoms with Gasteiger partial charge in [0, 0.05) is 36.3 Å². The number of rotatable bonds is 6. The van der Waals surface area contributed by atoms with Gasteiger partial charge in [-0.15, -0.1) is 0 Å². The van der Waals surface area contributed by atoms with Gasteiger partial charge in [0.25, 0.3) is 0 Å². The van der Waals surface area contributed by atoms with Crippen molar-refractivity contribution < 1.29 is 14.6 Å². The summed E-state index contributed by atoms with van der Waals surface area (Å²) in [5.74, 6) is -0.124. The van der Waals surface area contributed by atoms with E-state index in [2.05, 4.69) is 15.0 Å². The molecule has 1 aliphatic rings. The van der Waals surface area contributed by atoms with E-state index < -0.39 is 0 Å². The third-order valence-corrected chi connectivity index (χ3v) is 5.74. The van der Waals surface area contributed by atoms with Gasteiger partial charge in [0.05, 0.1) is 29.7 Å². The van der Waals surface area contributed by atoms with E-state index in [-0.39, 0.29) is 18.5 Å². The number of hydrogen-bond acceptors (Lipinski definition) is 6. The summed E-state index contributed by atoms with van der Waals surface area (Å²) >= 11 is 6.13. The van der Waals surface area contributed by atoms with Gasteiger partial charge in [-0.1, -0.05) is 11.6 Å². The Morgan fingerprint density at radius 3 is 3.03 bits per heavy atom. The zero-order valence-electron chi connectivity index (χ0n) is 16.9. The zero-order valence-corrected chi connectivity index (χ0v) is 17.7. The van der Waals surface area contributed by atoms with Gasteiger partial charge in [-0.05, 0) is 56.5 Å². The third-order valence-electron chi connectivity index (χ3n) is 5.51. The van der Waals surface area contributed by atoms with E-state index in [0.29, 0.717) is 23.7 Å². The fraction of sp³-hybridized carbons (Fsp3) is 0.409. The largest absolute Gasteiger partial charge is 0.462 e. The molecule has 2 aromatic heterocycles. The molecule has 0 spiro atoms. The average Bonchev–Trinajstić information content (AvgIpc) is 3.16. The molecule has 1 atom stereocenters. The lowest BCUT2D eigenvalue weighted by atomic mass is 9.99. The standard InChI is InChI=1S/C22H25ClN4O3/c1-2-30-22(29)18-11-25-27(21(18)13-26-9-3-4-15(12-26)14-28)20-7-8-24-19-10-16(23)5-6-17(19)20/h5-8,10-11,15,28H,2-4,9,12-14H2,1H3/t15-/m0/s1. The summed E-state index contributed by atoms with van der Waals surface area (Å²) in [7, 11) is 0. The zero-order chi connectivity index (χ0) is 21.1. The first-order valence-corrected chi connectivity index (χ1v) is 10.6. The number of hydrogen-bond donors (Lipinski definition) is 1. The predicted molar refractivity (Wildman–Crippen MR) is 115 cm³/mol. The average molecular weight is 429 g/mol. The highest BCUT2D eigenvalue weighted by Crippen LogP contribution is 2.27. The van der Waals surface area contributed by atoms with Crippen molar-refractivity contribution in [3.8, 4) is 5.69 Å². The summed E-state index contributed by atoms with van der Waals surface area (Å²) in [6, 6.07) is 7.43. The smallest absolute Gasteiger partial charge is 0.341 e. The molecule has 0 amide bonds. The van der Waals surface area contributed by atoms with E-state index in [4.69, 9.17) is 16.3 Å². The number of benzene rings is 1. The SMILES string of the molecule is CCOC(=O)c1cnn(-c2ccnc3cc(Cl)ccc23)c1CN1CCC[C@H](CO)C1. The Kier molecular flexibility index (Phi) is 6.32. The molecule has 0 radical (unpaired) electrons.